The molecule has 27 heavy (non-hydrogen) atoms. The van der Waals surface area contributed by atoms with Crippen molar-refractivity contribution in [1.29, 1.82) is 0 Å². The first kappa shape index (κ1) is 23.5. The van der Waals surface area contributed by atoms with E-state index in [4.69, 9.17) is 4.74 Å². The monoisotopic (exact) mass is 404 g/mol. The van der Waals surface area contributed by atoms with Crippen LogP contribution in [0.5, 0.6) is 0 Å². The van der Waals surface area contributed by atoms with Gasteiger partial charge in [0.05, 0.1) is 17.0 Å². The molecule has 158 valence electrons. The Kier molecular flexibility index (Phi) is 7.95. The molecule has 1 aliphatic rings. The molecule has 0 unspecified atom stereocenters. The lowest BCUT2D eigenvalue weighted by Crippen LogP contribution is -2.57. The third-order valence-corrected chi connectivity index (χ3v) is 6.88. The molecule has 8 nitrogen and oxygen atoms in total. The average molecular weight is 405 g/mol. The predicted octanol–water partition coefficient (Wildman–Crippen LogP) is 1.72. The number of hydrogen-bond donors (Lipinski definition) is 1. The Bertz CT molecular complexity index is 638. The molecule has 1 fully saturated rings. The zero-order valence-corrected chi connectivity index (χ0v) is 18.6. The van der Waals surface area contributed by atoms with Gasteiger partial charge < -0.3 is 19.9 Å². The maximum absolute atomic E-state index is 12.2. The van der Waals surface area contributed by atoms with Gasteiger partial charge >= 0.3 is 6.09 Å². The van der Waals surface area contributed by atoms with Crippen LogP contribution in [0.25, 0.3) is 0 Å². The van der Waals surface area contributed by atoms with Crippen molar-refractivity contribution in [2.45, 2.75) is 58.8 Å². The van der Waals surface area contributed by atoms with Crippen LogP contribution in [0.4, 0.5) is 4.79 Å². The Labute approximate surface area is 164 Å². The van der Waals surface area contributed by atoms with Crippen LogP contribution in [-0.2, 0) is 14.6 Å². The number of nitrogens with one attached hydrogen (secondary N) is 1. The number of carbonyl (C=O) groups is 1. The van der Waals surface area contributed by atoms with Gasteiger partial charge in [-0.2, -0.15) is 0 Å². The second kappa shape index (κ2) is 9.12. The third kappa shape index (κ3) is 6.86. The molecule has 1 heterocycles. The van der Waals surface area contributed by atoms with Crippen LogP contribution in [-0.4, -0.2) is 85.6 Å². The molecule has 9 heteroatoms. The van der Waals surface area contributed by atoms with Gasteiger partial charge in [-0.1, -0.05) is 0 Å². The van der Waals surface area contributed by atoms with Crippen molar-refractivity contribution < 1.29 is 17.9 Å². The van der Waals surface area contributed by atoms with Crippen molar-refractivity contribution >= 4 is 21.9 Å². The van der Waals surface area contributed by atoms with Crippen LogP contribution < -0.4 is 5.32 Å². The number of likely N-dealkylation sites (N-methyl/N-ethyl adjacent to an activating group) is 1. The van der Waals surface area contributed by atoms with E-state index in [1.807, 2.05) is 39.5 Å². The molecular weight excluding hydrogens is 368 g/mol. The fourth-order valence-electron chi connectivity index (χ4n) is 2.73. The summed E-state index contributed by atoms with van der Waals surface area (Å²) in [6.45, 7) is 15.8. The van der Waals surface area contributed by atoms with Gasteiger partial charge in [-0.15, -0.1) is 0 Å². The second-order valence-electron chi connectivity index (χ2n) is 8.30. The van der Waals surface area contributed by atoms with E-state index in [1.165, 1.54) is 0 Å². The highest BCUT2D eigenvalue weighted by Gasteiger charge is 2.40. The average Bonchev–Trinajstić information content (AvgIpc) is 2.51. The van der Waals surface area contributed by atoms with Crippen LogP contribution in [0.3, 0.4) is 0 Å². The van der Waals surface area contributed by atoms with Crippen LogP contribution in [0, 0.1) is 0 Å². The van der Waals surface area contributed by atoms with Crippen molar-refractivity contribution in [2.75, 3.05) is 45.0 Å². The number of guanidine groups is 1. The number of carbonyl (C=O) groups excluding carboxylic acids is 1. The standard InChI is InChI=1S/C18H36N4O4S/c1-8-19-15(22-12-13-27(24,25)18(6,7)14-22)20-10-11-21(9-2)16(23)26-17(3,4)5/h8-14H2,1-7H3,(H,19,20). The lowest BCUT2D eigenvalue weighted by molar-refractivity contribution is 0.0266. The van der Waals surface area contributed by atoms with E-state index < -0.39 is 20.2 Å². The molecule has 1 amide bonds. The zero-order valence-electron chi connectivity index (χ0n) is 17.8. The largest absolute Gasteiger partial charge is 0.444 e. The molecule has 0 atom stereocenters. The summed E-state index contributed by atoms with van der Waals surface area (Å²) in [5.74, 6) is 0.796. The van der Waals surface area contributed by atoms with Crippen LogP contribution in [0.1, 0.15) is 48.5 Å². The maximum atomic E-state index is 12.2. The van der Waals surface area contributed by atoms with Gasteiger partial charge in [-0.3, -0.25) is 4.99 Å². The summed E-state index contributed by atoms with van der Waals surface area (Å²) in [5, 5.41) is 3.22. The lowest BCUT2D eigenvalue weighted by atomic mass is 10.2. The number of amides is 1. The molecular formula is C18H36N4O4S. The Morgan fingerprint density at radius 2 is 1.93 bits per heavy atom. The minimum Gasteiger partial charge on any atom is -0.444 e. The summed E-state index contributed by atoms with van der Waals surface area (Å²) in [4.78, 5) is 20.4. The molecule has 0 bridgehead atoms. The predicted molar refractivity (Wildman–Crippen MR) is 109 cm³/mol. The number of rotatable bonds is 5. The summed E-state index contributed by atoms with van der Waals surface area (Å²) in [5.41, 5.74) is -0.534. The van der Waals surface area contributed by atoms with Gasteiger partial charge in [0.1, 0.15) is 5.60 Å². The molecule has 0 spiro atoms. The molecule has 1 rings (SSSR count). The van der Waals surface area contributed by atoms with Crippen molar-refractivity contribution in [1.82, 2.24) is 15.1 Å². The Morgan fingerprint density at radius 3 is 2.41 bits per heavy atom. The first-order valence-corrected chi connectivity index (χ1v) is 11.2. The maximum Gasteiger partial charge on any atom is 0.410 e. The summed E-state index contributed by atoms with van der Waals surface area (Å²) >= 11 is 0. The number of aliphatic imine (C=N–C) groups is 1. The summed E-state index contributed by atoms with van der Waals surface area (Å²) < 4.78 is 29.0. The smallest absolute Gasteiger partial charge is 0.410 e. The topological polar surface area (TPSA) is 91.3 Å². The lowest BCUT2D eigenvalue weighted by Gasteiger charge is -2.39. The van der Waals surface area contributed by atoms with Gasteiger partial charge in [0.15, 0.2) is 15.8 Å². The molecule has 0 saturated carbocycles. The van der Waals surface area contributed by atoms with Crippen molar-refractivity contribution in [3.05, 3.63) is 0 Å². The number of sulfone groups is 1. The molecule has 0 aromatic carbocycles. The van der Waals surface area contributed by atoms with Gasteiger partial charge in [0, 0.05) is 32.7 Å². The SMILES string of the molecule is CCNC(=NCCN(CC)C(=O)OC(C)(C)C)N1CCS(=O)(=O)C(C)(C)C1. The van der Waals surface area contributed by atoms with Crippen LogP contribution in [0.15, 0.2) is 4.99 Å². The third-order valence-electron chi connectivity index (χ3n) is 4.34. The van der Waals surface area contributed by atoms with Crippen LogP contribution in [0.2, 0.25) is 0 Å². The normalized spacial score (nSPS) is 19.5. The molecule has 1 aliphatic heterocycles. The van der Waals surface area contributed by atoms with Crippen molar-refractivity contribution in [2.24, 2.45) is 4.99 Å². The first-order chi connectivity index (χ1) is 12.3. The number of hydrogen-bond acceptors (Lipinski definition) is 5. The Morgan fingerprint density at radius 1 is 1.30 bits per heavy atom. The van der Waals surface area contributed by atoms with Crippen molar-refractivity contribution in [3.8, 4) is 0 Å². The van der Waals surface area contributed by atoms with E-state index in [0.29, 0.717) is 45.2 Å². The highest BCUT2D eigenvalue weighted by Crippen LogP contribution is 2.23. The highest BCUT2D eigenvalue weighted by atomic mass is 32.2. The molecule has 0 aliphatic carbocycles. The Hall–Kier alpha value is -1.51. The van der Waals surface area contributed by atoms with Crippen LogP contribution >= 0.6 is 0 Å². The highest BCUT2D eigenvalue weighted by molar-refractivity contribution is 7.92. The number of ether oxygens (including phenoxy) is 1. The van der Waals surface area contributed by atoms with E-state index in [-0.39, 0.29) is 11.8 Å². The summed E-state index contributed by atoms with van der Waals surface area (Å²) in [6.07, 6.45) is -0.351. The van der Waals surface area contributed by atoms with Gasteiger partial charge in [-0.25, -0.2) is 13.2 Å². The molecule has 1 saturated heterocycles. The van der Waals surface area contributed by atoms with E-state index >= 15 is 0 Å². The second-order valence-corrected chi connectivity index (χ2v) is 11.0. The zero-order chi connectivity index (χ0) is 20.9. The molecule has 0 aromatic heterocycles. The molecule has 1 N–H and O–H groups in total. The Balaban J connectivity index is 2.78. The molecule has 0 aromatic rings. The van der Waals surface area contributed by atoms with E-state index in [2.05, 4.69) is 10.3 Å². The quantitative estimate of drug-likeness (QED) is 0.554. The molecule has 0 radical (unpaired) electrons. The van der Waals surface area contributed by atoms with Gasteiger partial charge in [0.25, 0.3) is 0 Å². The van der Waals surface area contributed by atoms with Gasteiger partial charge in [-0.05, 0) is 48.5 Å². The minimum atomic E-state index is -3.10. The van der Waals surface area contributed by atoms with Crippen molar-refractivity contribution in [3.63, 3.8) is 0 Å². The van der Waals surface area contributed by atoms with E-state index in [0.717, 1.165) is 0 Å². The van der Waals surface area contributed by atoms with E-state index in [9.17, 15) is 13.2 Å². The van der Waals surface area contributed by atoms with E-state index in [1.54, 1.807) is 18.7 Å². The van der Waals surface area contributed by atoms with Gasteiger partial charge in [0.2, 0.25) is 0 Å². The first-order valence-electron chi connectivity index (χ1n) is 9.56. The summed E-state index contributed by atoms with van der Waals surface area (Å²) in [7, 11) is -3.10. The number of nitrogens with zero attached hydrogens (tertiary/aromatic N) is 3. The fourth-order valence-corrected chi connectivity index (χ4v) is 4.10. The minimum absolute atomic E-state index is 0.114. The summed E-state index contributed by atoms with van der Waals surface area (Å²) in [6, 6.07) is 0. The fraction of sp³-hybridized carbons (Fsp3) is 0.889.